The van der Waals surface area contributed by atoms with Crippen molar-refractivity contribution in [2.45, 2.75) is 52.4 Å². The Morgan fingerprint density at radius 2 is 0.596 bits per heavy atom. The second-order valence-corrected chi connectivity index (χ2v) is 28.6. The average molecular weight is 1210 g/mol. The molecule has 0 saturated carbocycles. The molecule has 0 radical (unpaired) electrons. The molecule has 0 bridgehead atoms. The van der Waals surface area contributed by atoms with Crippen LogP contribution in [0.25, 0.3) is 131 Å². The van der Waals surface area contributed by atoms with Gasteiger partial charge in [0, 0.05) is 54.5 Å². The topological polar surface area (TPSA) is 32.8 Å². The van der Waals surface area contributed by atoms with E-state index < -0.39 is 21.7 Å². The van der Waals surface area contributed by atoms with E-state index in [9.17, 15) is 0 Å². The Hall–Kier alpha value is -11.2. The van der Waals surface area contributed by atoms with Gasteiger partial charge in [-0.05, 0) is 170 Å². The van der Waals surface area contributed by atoms with Crippen molar-refractivity contribution in [2.24, 2.45) is 10.8 Å². The molecular formula is C90H64N2O2. The molecule has 2 heterocycles. The maximum Gasteiger partial charge on any atom is 0.159 e. The Labute approximate surface area is 544 Å². The van der Waals surface area contributed by atoms with Crippen molar-refractivity contribution in [1.29, 1.82) is 0 Å². The van der Waals surface area contributed by atoms with Gasteiger partial charge in [0.25, 0.3) is 0 Å². The molecule has 2 atom stereocenters. The molecule has 18 aromatic rings. The third-order valence-corrected chi connectivity index (χ3v) is 22.1. The van der Waals surface area contributed by atoms with Crippen LogP contribution in [0, 0.1) is 10.8 Å². The standard InChI is InChI=1S/C90H64N2O2/c1-87(2,3)89(71-29-11-7-23-61(71)63-47-43-59(51-73(63)89)91(77-31-17-27-67-65-25-9-13-33-79(65)93-85(67)77)75-49-41-57-37-35-53-19-15-21-55-39-45-69(75)83(57)81(53)55)90(88(4,5)6)72-30-12-8-24-62(72)64-48-44-60(52-74(64)90)92(78-32-18-28-68-66-26-10-14-34-80(66)94-86(68)78)76-50-42-58-38-36-54-20-16-22-56-40-46-70(76)84(58)82(54)56/h7-52H,1-6H3. The highest BCUT2D eigenvalue weighted by molar-refractivity contribution is 6.28. The first-order valence-corrected chi connectivity index (χ1v) is 33.1. The first-order valence-electron chi connectivity index (χ1n) is 33.1. The predicted molar refractivity (Wildman–Crippen MR) is 396 cm³/mol. The fourth-order valence-electron chi connectivity index (χ4n) is 18.8. The zero-order valence-electron chi connectivity index (χ0n) is 53.3. The average Bonchev–Trinajstić information content (AvgIpc) is 1.45. The Kier molecular flexibility index (Phi) is 10.7. The molecule has 446 valence electrons. The van der Waals surface area contributed by atoms with Gasteiger partial charge in [0.2, 0.25) is 0 Å². The molecule has 0 N–H and O–H groups in total. The summed E-state index contributed by atoms with van der Waals surface area (Å²) in [6, 6.07) is 105. The van der Waals surface area contributed by atoms with E-state index in [1.165, 1.54) is 109 Å². The van der Waals surface area contributed by atoms with E-state index in [4.69, 9.17) is 8.83 Å². The summed E-state index contributed by atoms with van der Waals surface area (Å²) in [5.41, 5.74) is 17.7. The lowest BCUT2D eigenvalue weighted by atomic mass is 9.39. The van der Waals surface area contributed by atoms with Crippen molar-refractivity contribution in [3.8, 4) is 22.3 Å². The van der Waals surface area contributed by atoms with Gasteiger partial charge in [-0.15, -0.1) is 0 Å². The van der Waals surface area contributed by atoms with Crippen LogP contribution < -0.4 is 9.80 Å². The minimum atomic E-state index is -0.740. The number of fused-ring (bicyclic) bond motifs is 12. The SMILES string of the molecule is CC(C)(C)C1(C2(C(C)(C)C)c3ccccc3-c3ccc(N(c4ccc5ccc6cccc7ccc4c5c67)c4cccc5c4oc4ccccc45)cc32)c2ccccc2-c2ccc(N(c3ccc4ccc5cccc6ccc3c4c56)c3cccc4c3oc3ccccc34)cc21. The summed E-state index contributed by atoms with van der Waals surface area (Å²) in [5, 5.41) is 19.2. The third kappa shape index (κ3) is 6.76. The van der Waals surface area contributed by atoms with Crippen LogP contribution in [0.3, 0.4) is 0 Å². The molecule has 0 amide bonds. The number of hydrogen-bond acceptors (Lipinski definition) is 4. The third-order valence-electron chi connectivity index (χ3n) is 22.1. The van der Waals surface area contributed by atoms with Gasteiger partial charge in [0.15, 0.2) is 11.2 Å². The summed E-state index contributed by atoms with van der Waals surface area (Å²) in [5.74, 6) is 0. The molecule has 20 rings (SSSR count). The van der Waals surface area contributed by atoms with E-state index in [2.05, 4.69) is 330 Å². The second kappa shape index (κ2) is 18.7. The van der Waals surface area contributed by atoms with Gasteiger partial charge in [0.1, 0.15) is 11.2 Å². The Morgan fingerprint density at radius 1 is 0.255 bits per heavy atom. The summed E-state index contributed by atoms with van der Waals surface area (Å²) >= 11 is 0. The monoisotopic (exact) mass is 1200 g/mol. The highest BCUT2D eigenvalue weighted by Gasteiger charge is 2.70. The quantitative estimate of drug-likeness (QED) is 0.149. The number of anilines is 6. The number of hydrogen-bond donors (Lipinski definition) is 0. The van der Waals surface area contributed by atoms with Gasteiger partial charge >= 0.3 is 0 Å². The maximum absolute atomic E-state index is 7.13. The largest absolute Gasteiger partial charge is 0.454 e. The Bertz CT molecular complexity index is 5830. The molecule has 0 aliphatic heterocycles. The lowest BCUT2D eigenvalue weighted by Gasteiger charge is -2.62. The van der Waals surface area contributed by atoms with Crippen LogP contribution in [0.15, 0.2) is 288 Å². The van der Waals surface area contributed by atoms with Gasteiger partial charge in [-0.25, -0.2) is 0 Å². The van der Waals surface area contributed by atoms with Crippen LogP contribution in [-0.4, -0.2) is 0 Å². The molecular weight excluding hydrogens is 1140 g/mol. The zero-order chi connectivity index (χ0) is 62.7. The van der Waals surface area contributed by atoms with Crippen LogP contribution >= 0.6 is 0 Å². The fraction of sp³-hybridized carbons (Fsp3) is 0.111. The van der Waals surface area contributed by atoms with Crippen molar-refractivity contribution < 1.29 is 8.83 Å². The maximum atomic E-state index is 7.13. The van der Waals surface area contributed by atoms with Crippen molar-refractivity contribution in [2.75, 3.05) is 9.80 Å². The first kappa shape index (κ1) is 53.5. The summed E-state index contributed by atoms with van der Waals surface area (Å²) in [7, 11) is 0. The molecule has 0 spiro atoms. The molecule has 16 aromatic carbocycles. The number of furan rings is 2. The van der Waals surface area contributed by atoms with Crippen LogP contribution in [0.2, 0.25) is 0 Å². The summed E-state index contributed by atoms with van der Waals surface area (Å²) in [6.45, 7) is 15.1. The molecule has 2 unspecified atom stereocenters. The second-order valence-electron chi connectivity index (χ2n) is 28.6. The van der Waals surface area contributed by atoms with E-state index in [0.29, 0.717) is 0 Å². The normalized spacial score (nSPS) is 16.3. The van der Waals surface area contributed by atoms with E-state index in [1.807, 2.05) is 0 Å². The lowest BCUT2D eigenvalue weighted by Crippen LogP contribution is -2.62. The molecule has 4 heteroatoms. The minimum Gasteiger partial charge on any atom is -0.454 e. The summed E-state index contributed by atoms with van der Waals surface area (Å²) in [6.07, 6.45) is 0. The smallest absolute Gasteiger partial charge is 0.159 e. The molecule has 4 nitrogen and oxygen atoms in total. The molecule has 2 aromatic heterocycles. The van der Waals surface area contributed by atoms with E-state index >= 15 is 0 Å². The Morgan fingerprint density at radius 3 is 1.02 bits per heavy atom. The van der Waals surface area contributed by atoms with Crippen molar-refractivity contribution in [1.82, 2.24) is 0 Å². The van der Waals surface area contributed by atoms with Crippen LogP contribution in [0.5, 0.6) is 0 Å². The Balaban J connectivity index is 0.895. The van der Waals surface area contributed by atoms with Crippen LogP contribution in [-0.2, 0) is 10.8 Å². The van der Waals surface area contributed by atoms with E-state index in [-0.39, 0.29) is 0 Å². The highest BCUT2D eigenvalue weighted by atomic mass is 16.3. The summed E-state index contributed by atoms with van der Waals surface area (Å²) in [4.78, 5) is 5.05. The van der Waals surface area contributed by atoms with E-state index in [0.717, 1.165) is 78.0 Å². The van der Waals surface area contributed by atoms with E-state index in [1.54, 1.807) is 0 Å². The number of rotatable bonds is 7. The van der Waals surface area contributed by atoms with Crippen molar-refractivity contribution in [3.05, 3.63) is 301 Å². The van der Waals surface area contributed by atoms with Gasteiger partial charge < -0.3 is 18.6 Å². The number of para-hydroxylation sites is 4. The summed E-state index contributed by atoms with van der Waals surface area (Å²) < 4.78 is 14.3. The molecule has 2 aliphatic carbocycles. The van der Waals surface area contributed by atoms with Gasteiger partial charge in [0.05, 0.1) is 22.7 Å². The molecule has 2 aliphatic rings. The minimum absolute atomic E-state index is 0.451. The first-order chi connectivity index (χ1) is 45.9. The predicted octanol–water partition coefficient (Wildman–Crippen LogP) is 25.5. The molecule has 94 heavy (non-hydrogen) atoms. The highest BCUT2D eigenvalue weighted by Crippen LogP contribution is 2.75. The fourth-order valence-corrected chi connectivity index (χ4v) is 18.8. The van der Waals surface area contributed by atoms with Gasteiger partial charge in [-0.1, -0.05) is 260 Å². The number of nitrogens with zero attached hydrogens (tertiary/aromatic N) is 2. The number of benzene rings is 16. The van der Waals surface area contributed by atoms with Crippen molar-refractivity contribution >= 4 is 143 Å². The van der Waals surface area contributed by atoms with Gasteiger partial charge in [-0.2, -0.15) is 0 Å². The molecule has 0 saturated heterocycles. The van der Waals surface area contributed by atoms with Crippen molar-refractivity contribution in [3.63, 3.8) is 0 Å². The van der Waals surface area contributed by atoms with Crippen LogP contribution in [0.4, 0.5) is 34.1 Å². The zero-order valence-corrected chi connectivity index (χ0v) is 53.3. The lowest BCUT2D eigenvalue weighted by molar-refractivity contribution is 0.0594. The van der Waals surface area contributed by atoms with Crippen LogP contribution in [0.1, 0.15) is 63.8 Å². The molecule has 0 fully saturated rings. The van der Waals surface area contributed by atoms with Gasteiger partial charge in [-0.3, -0.25) is 0 Å².